The normalized spacial score (nSPS) is 31.9. The van der Waals surface area contributed by atoms with E-state index in [9.17, 15) is 8.42 Å². The SMILES string of the molecule is Cc1noc(C)c1S(=O)(=O)N[C@@H]1[C@@H]2CCO[C@@H]2C1(C)C. The molecule has 0 aromatic carbocycles. The summed E-state index contributed by atoms with van der Waals surface area (Å²) in [5.41, 5.74) is 0.207. The van der Waals surface area contributed by atoms with E-state index in [1.165, 1.54) is 0 Å². The van der Waals surface area contributed by atoms with Crippen molar-refractivity contribution in [3.05, 3.63) is 11.5 Å². The van der Waals surface area contributed by atoms with Crippen LogP contribution in [0.1, 0.15) is 31.7 Å². The fourth-order valence-corrected chi connectivity index (χ4v) is 5.42. The minimum atomic E-state index is -3.61. The molecule has 2 fully saturated rings. The minimum absolute atomic E-state index is 0.103. The fourth-order valence-electron chi connectivity index (χ4n) is 3.65. The molecule has 7 heteroatoms. The van der Waals surface area contributed by atoms with Gasteiger partial charge in [0.05, 0.1) is 6.10 Å². The summed E-state index contributed by atoms with van der Waals surface area (Å²) in [6.07, 6.45) is 1.06. The van der Waals surface area contributed by atoms with Gasteiger partial charge in [-0.1, -0.05) is 19.0 Å². The number of aryl methyl sites for hydroxylation is 2. The number of hydrogen-bond donors (Lipinski definition) is 1. The molecule has 3 atom stereocenters. The molecular formula is C13H20N2O4S. The Bertz CT molecular complexity index is 615. The molecule has 0 bridgehead atoms. The third kappa shape index (κ3) is 1.83. The first-order valence-electron chi connectivity index (χ1n) is 6.82. The van der Waals surface area contributed by atoms with E-state index in [1.807, 2.05) is 13.8 Å². The number of nitrogens with zero attached hydrogens (tertiary/aromatic N) is 1. The number of aromatic nitrogens is 1. The van der Waals surface area contributed by atoms with Crippen molar-refractivity contribution in [2.75, 3.05) is 6.61 Å². The number of sulfonamides is 1. The van der Waals surface area contributed by atoms with Gasteiger partial charge in [0, 0.05) is 24.0 Å². The second-order valence-corrected chi connectivity index (χ2v) is 7.97. The molecule has 2 aliphatic rings. The van der Waals surface area contributed by atoms with Crippen molar-refractivity contribution in [3.63, 3.8) is 0 Å². The predicted molar refractivity (Wildman–Crippen MR) is 71.7 cm³/mol. The van der Waals surface area contributed by atoms with E-state index >= 15 is 0 Å². The van der Waals surface area contributed by atoms with Crippen LogP contribution in [0.5, 0.6) is 0 Å². The van der Waals surface area contributed by atoms with Crippen LogP contribution in [0, 0.1) is 25.2 Å². The van der Waals surface area contributed by atoms with E-state index in [4.69, 9.17) is 9.26 Å². The molecule has 6 nitrogen and oxygen atoms in total. The molecule has 0 unspecified atom stereocenters. The maximum absolute atomic E-state index is 12.6. The highest BCUT2D eigenvalue weighted by molar-refractivity contribution is 7.89. The minimum Gasteiger partial charge on any atom is -0.377 e. The standard InChI is InChI=1S/C13H20N2O4S/c1-7-10(8(2)19-14-7)20(16,17)15-11-9-5-6-18-12(9)13(11,3)4/h9,11-12,15H,5-6H2,1-4H3/t9-,11+,12-/m0/s1. The number of rotatable bonds is 3. The first-order valence-corrected chi connectivity index (χ1v) is 8.30. The van der Waals surface area contributed by atoms with Gasteiger partial charge < -0.3 is 9.26 Å². The van der Waals surface area contributed by atoms with Crippen molar-refractivity contribution in [3.8, 4) is 0 Å². The first-order chi connectivity index (χ1) is 9.25. The molecule has 1 aromatic rings. The highest BCUT2D eigenvalue weighted by atomic mass is 32.2. The molecule has 112 valence electrons. The zero-order valence-corrected chi connectivity index (χ0v) is 13.0. The van der Waals surface area contributed by atoms with Crippen molar-refractivity contribution in [2.45, 2.75) is 51.2 Å². The Morgan fingerprint density at radius 2 is 2.05 bits per heavy atom. The third-order valence-corrected chi connectivity index (χ3v) is 6.30. The summed E-state index contributed by atoms with van der Waals surface area (Å²) >= 11 is 0. The first kappa shape index (κ1) is 14.0. The topological polar surface area (TPSA) is 81.4 Å². The molecule has 0 radical (unpaired) electrons. The zero-order valence-electron chi connectivity index (χ0n) is 12.1. The Morgan fingerprint density at radius 3 is 2.65 bits per heavy atom. The summed E-state index contributed by atoms with van der Waals surface area (Å²) in [5.74, 6) is 0.589. The van der Waals surface area contributed by atoms with Gasteiger partial charge in [0.2, 0.25) is 10.0 Å². The van der Waals surface area contributed by atoms with E-state index in [-0.39, 0.29) is 28.4 Å². The van der Waals surface area contributed by atoms with Crippen molar-refractivity contribution in [1.82, 2.24) is 9.88 Å². The van der Waals surface area contributed by atoms with Crippen molar-refractivity contribution >= 4 is 10.0 Å². The van der Waals surface area contributed by atoms with Crippen molar-refractivity contribution in [2.24, 2.45) is 11.3 Å². The Kier molecular flexibility index (Phi) is 3.01. The Labute approximate surface area is 118 Å². The van der Waals surface area contributed by atoms with E-state index in [0.717, 1.165) is 6.42 Å². The van der Waals surface area contributed by atoms with Gasteiger partial charge in [0.25, 0.3) is 0 Å². The Hall–Kier alpha value is -0.920. The van der Waals surface area contributed by atoms with Crippen LogP contribution >= 0.6 is 0 Å². The van der Waals surface area contributed by atoms with Gasteiger partial charge in [-0.3, -0.25) is 0 Å². The number of ether oxygens (including phenoxy) is 1. The Morgan fingerprint density at radius 1 is 1.35 bits per heavy atom. The second kappa shape index (κ2) is 4.29. The fraction of sp³-hybridized carbons (Fsp3) is 0.769. The molecule has 0 spiro atoms. The second-order valence-electron chi connectivity index (χ2n) is 6.32. The van der Waals surface area contributed by atoms with Crippen molar-refractivity contribution < 1.29 is 17.7 Å². The summed E-state index contributed by atoms with van der Waals surface area (Å²) in [7, 11) is -3.61. The van der Waals surface area contributed by atoms with Gasteiger partial charge in [-0.25, -0.2) is 13.1 Å². The average Bonchev–Trinajstić information content (AvgIpc) is 2.92. The number of fused-ring (bicyclic) bond motifs is 1. The van der Waals surface area contributed by atoms with Crippen LogP contribution in [0.4, 0.5) is 0 Å². The van der Waals surface area contributed by atoms with Gasteiger partial charge in [0.1, 0.15) is 10.6 Å². The lowest BCUT2D eigenvalue weighted by Crippen LogP contribution is -2.66. The molecule has 1 aliphatic carbocycles. The highest BCUT2D eigenvalue weighted by Gasteiger charge is 2.60. The largest absolute Gasteiger partial charge is 0.377 e. The number of hydrogen-bond acceptors (Lipinski definition) is 5. The zero-order chi connectivity index (χ0) is 14.7. The third-order valence-electron chi connectivity index (χ3n) is 4.62. The van der Waals surface area contributed by atoms with Gasteiger partial charge in [0.15, 0.2) is 5.76 Å². The van der Waals surface area contributed by atoms with Crippen LogP contribution in [-0.4, -0.2) is 32.3 Å². The van der Waals surface area contributed by atoms with Crippen LogP contribution in [0.2, 0.25) is 0 Å². The molecule has 3 rings (SSSR count). The van der Waals surface area contributed by atoms with Crippen LogP contribution in [0.3, 0.4) is 0 Å². The lowest BCUT2D eigenvalue weighted by Gasteiger charge is -2.54. The van der Waals surface area contributed by atoms with Gasteiger partial charge in [-0.2, -0.15) is 0 Å². The summed E-state index contributed by atoms with van der Waals surface area (Å²) in [4.78, 5) is 0.163. The average molecular weight is 300 g/mol. The maximum atomic E-state index is 12.6. The van der Waals surface area contributed by atoms with Crippen LogP contribution in [0.25, 0.3) is 0 Å². The lowest BCUT2D eigenvalue weighted by atomic mass is 9.58. The van der Waals surface area contributed by atoms with Gasteiger partial charge in [-0.05, 0) is 20.3 Å². The van der Waals surface area contributed by atoms with Crippen LogP contribution < -0.4 is 4.72 Å². The smallest absolute Gasteiger partial charge is 0.246 e. The summed E-state index contributed by atoms with van der Waals surface area (Å²) in [5, 5.41) is 3.72. The van der Waals surface area contributed by atoms with Gasteiger partial charge in [-0.15, -0.1) is 0 Å². The van der Waals surface area contributed by atoms with Crippen LogP contribution in [-0.2, 0) is 14.8 Å². The Balaban J connectivity index is 1.88. The van der Waals surface area contributed by atoms with E-state index in [2.05, 4.69) is 9.88 Å². The van der Waals surface area contributed by atoms with E-state index < -0.39 is 10.0 Å². The molecule has 1 aliphatic heterocycles. The van der Waals surface area contributed by atoms with E-state index in [0.29, 0.717) is 18.1 Å². The van der Waals surface area contributed by atoms with Gasteiger partial charge >= 0.3 is 0 Å². The van der Waals surface area contributed by atoms with Crippen molar-refractivity contribution in [1.29, 1.82) is 0 Å². The molecule has 1 saturated carbocycles. The van der Waals surface area contributed by atoms with E-state index in [1.54, 1.807) is 13.8 Å². The molecule has 0 amide bonds. The molecule has 20 heavy (non-hydrogen) atoms. The lowest BCUT2D eigenvalue weighted by molar-refractivity contribution is -0.105. The quantitative estimate of drug-likeness (QED) is 0.912. The predicted octanol–water partition coefficient (Wildman–Crippen LogP) is 1.38. The monoisotopic (exact) mass is 300 g/mol. The number of nitrogens with one attached hydrogen (secondary N) is 1. The summed E-state index contributed by atoms with van der Waals surface area (Å²) < 4.78 is 38.6. The molecule has 1 aromatic heterocycles. The summed E-state index contributed by atoms with van der Waals surface area (Å²) in [6.45, 7) is 8.04. The van der Waals surface area contributed by atoms with Crippen LogP contribution in [0.15, 0.2) is 9.42 Å². The molecule has 1 saturated heterocycles. The molecular weight excluding hydrogens is 280 g/mol. The molecule has 1 N–H and O–H groups in total. The highest BCUT2D eigenvalue weighted by Crippen LogP contribution is 2.52. The molecule has 2 heterocycles. The maximum Gasteiger partial charge on any atom is 0.246 e. The summed E-state index contributed by atoms with van der Waals surface area (Å²) in [6, 6.07) is -0.103.